The van der Waals surface area contributed by atoms with E-state index in [2.05, 4.69) is 15.4 Å². The number of alkyl halides is 1. The lowest BCUT2D eigenvalue weighted by Crippen LogP contribution is -2.45. The zero-order valence-corrected chi connectivity index (χ0v) is 13.5. The Morgan fingerprint density at radius 3 is 3.08 bits per heavy atom. The molecular formula is C16H19FN5O2+. The summed E-state index contributed by atoms with van der Waals surface area (Å²) in [5.74, 6) is 1.02. The standard InChI is InChI=1S/C16H18FN5O2/c1-16(2,8-17)19-15(23)13-11-6-9-5-10(9)14(11)22(20-13)12-7-21(24)4-3-18-12/h3-4,7,9-10H,5-6,8H2,1-2H3,(H-,18,19,23,24)/p+1/t9-,10-/m0/s1. The SMILES string of the molecule is CC(C)(CF)NC(=O)c1nn(-c2c[n+](O)ccn2)c2c1C[C@@H]1C[C@H]21. The molecule has 0 aliphatic heterocycles. The first kappa shape index (κ1) is 15.0. The second-order valence-electron chi connectivity index (χ2n) is 7.20. The molecule has 2 aliphatic carbocycles. The third kappa shape index (κ3) is 2.33. The van der Waals surface area contributed by atoms with Gasteiger partial charge in [0.2, 0.25) is 12.0 Å². The van der Waals surface area contributed by atoms with Crippen molar-refractivity contribution in [3.63, 3.8) is 0 Å². The van der Waals surface area contributed by atoms with Gasteiger partial charge in [-0.15, -0.1) is 0 Å². The number of fused-ring (bicyclic) bond motifs is 3. The van der Waals surface area contributed by atoms with Crippen molar-refractivity contribution in [3.8, 4) is 5.82 Å². The molecule has 2 aromatic rings. The topological polar surface area (TPSA) is 83.9 Å². The maximum atomic E-state index is 13.0. The Balaban J connectivity index is 1.76. The first-order valence-corrected chi connectivity index (χ1v) is 7.97. The van der Waals surface area contributed by atoms with Crippen LogP contribution in [0.1, 0.15) is 47.9 Å². The largest absolute Gasteiger partial charge is 0.343 e. The van der Waals surface area contributed by atoms with Crippen molar-refractivity contribution in [1.82, 2.24) is 20.1 Å². The molecule has 0 radical (unpaired) electrons. The van der Waals surface area contributed by atoms with Gasteiger partial charge in [0.05, 0.1) is 17.4 Å². The third-order valence-electron chi connectivity index (χ3n) is 4.66. The maximum Gasteiger partial charge on any atom is 0.272 e. The van der Waals surface area contributed by atoms with Gasteiger partial charge in [-0.3, -0.25) is 10.0 Å². The maximum absolute atomic E-state index is 13.0. The number of carbonyl (C=O) groups excluding carboxylic acids is 1. The lowest BCUT2D eigenvalue weighted by Gasteiger charge is -2.21. The van der Waals surface area contributed by atoms with E-state index >= 15 is 0 Å². The Kier molecular flexibility index (Phi) is 3.13. The van der Waals surface area contributed by atoms with Gasteiger partial charge in [-0.05, 0) is 32.6 Å². The summed E-state index contributed by atoms with van der Waals surface area (Å²) < 4.78 is 15.6. The molecule has 1 fully saturated rings. The van der Waals surface area contributed by atoms with E-state index in [1.807, 2.05) is 0 Å². The molecule has 126 valence electrons. The van der Waals surface area contributed by atoms with E-state index in [9.17, 15) is 14.4 Å². The predicted octanol–water partition coefficient (Wildman–Crippen LogP) is 0.930. The molecule has 0 aromatic carbocycles. The highest BCUT2D eigenvalue weighted by molar-refractivity contribution is 5.95. The fourth-order valence-corrected chi connectivity index (χ4v) is 3.35. The number of rotatable bonds is 4. The molecule has 2 atom stereocenters. The quantitative estimate of drug-likeness (QED) is 0.644. The molecule has 7 nitrogen and oxygen atoms in total. The van der Waals surface area contributed by atoms with Crippen molar-refractivity contribution >= 4 is 5.91 Å². The lowest BCUT2D eigenvalue weighted by atomic mass is 10.1. The second kappa shape index (κ2) is 4.99. The highest BCUT2D eigenvalue weighted by Crippen LogP contribution is 2.57. The molecule has 8 heteroatoms. The number of nitrogens with one attached hydrogen (secondary N) is 1. The Morgan fingerprint density at radius 2 is 2.38 bits per heavy atom. The average molecular weight is 332 g/mol. The molecule has 2 N–H and O–H groups in total. The molecule has 24 heavy (non-hydrogen) atoms. The molecule has 1 saturated carbocycles. The van der Waals surface area contributed by atoms with E-state index in [1.54, 1.807) is 18.5 Å². The Hall–Kier alpha value is -2.51. The van der Waals surface area contributed by atoms with Crippen molar-refractivity contribution in [2.45, 2.75) is 38.1 Å². The van der Waals surface area contributed by atoms with Crippen LogP contribution in [-0.2, 0) is 6.42 Å². The number of halogens is 1. The minimum atomic E-state index is -0.936. The number of hydrogen-bond donors (Lipinski definition) is 2. The number of amides is 1. The van der Waals surface area contributed by atoms with Crippen LogP contribution in [-0.4, -0.2) is 38.1 Å². The van der Waals surface area contributed by atoms with Crippen LogP contribution in [0.4, 0.5) is 4.39 Å². The number of carbonyl (C=O) groups is 1. The van der Waals surface area contributed by atoms with Crippen molar-refractivity contribution in [1.29, 1.82) is 0 Å². The molecule has 2 heterocycles. The van der Waals surface area contributed by atoms with Crippen LogP contribution < -0.4 is 10.0 Å². The van der Waals surface area contributed by atoms with E-state index in [0.717, 1.165) is 28.8 Å². The summed E-state index contributed by atoms with van der Waals surface area (Å²) in [6.45, 7) is 2.61. The van der Waals surface area contributed by atoms with Gasteiger partial charge < -0.3 is 5.32 Å². The number of hydrogen-bond acceptors (Lipinski definition) is 4. The van der Waals surface area contributed by atoms with Gasteiger partial charge in [-0.2, -0.15) is 5.10 Å². The Labute approximate surface area is 138 Å². The van der Waals surface area contributed by atoms with E-state index in [4.69, 9.17) is 0 Å². The highest BCUT2D eigenvalue weighted by Gasteiger charge is 2.50. The van der Waals surface area contributed by atoms with Crippen LogP contribution in [0.15, 0.2) is 18.6 Å². The summed E-state index contributed by atoms with van der Waals surface area (Å²) in [5.41, 5.74) is 1.29. The van der Waals surface area contributed by atoms with Crippen molar-refractivity contribution in [2.24, 2.45) is 5.92 Å². The molecule has 0 unspecified atom stereocenters. The number of aromatic nitrogens is 4. The van der Waals surface area contributed by atoms with Gasteiger partial charge in [-0.1, -0.05) is 0 Å². The minimum absolute atomic E-state index is 0.328. The fraction of sp³-hybridized carbons (Fsp3) is 0.500. The minimum Gasteiger partial charge on any atom is -0.343 e. The zero-order valence-electron chi connectivity index (χ0n) is 13.5. The van der Waals surface area contributed by atoms with Crippen LogP contribution in [0.25, 0.3) is 5.82 Å². The molecule has 1 amide bonds. The summed E-state index contributed by atoms with van der Waals surface area (Å²) in [5, 5.41) is 16.7. The molecule has 4 rings (SSSR count). The van der Waals surface area contributed by atoms with E-state index in [-0.39, 0.29) is 5.91 Å². The van der Waals surface area contributed by atoms with Gasteiger partial charge in [0.1, 0.15) is 6.67 Å². The smallest absolute Gasteiger partial charge is 0.272 e. The Morgan fingerprint density at radius 1 is 1.58 bits per heavy atom. The molecule has 0 bridgehead atoms. The van der Waals surface area contributed by atoms with Gasteiger partial charge in [0.15, 0.2) is 5.69 Å². The first-order chi connectivity index (χ1) is 11.4. The molecule has 2 aliphatic rings. The van der Waals surface area contributed by atoms with Crippen LogP contribution in [0.3, 0.4) is 0 Å². The second-order valence-corrected chi connectivity index (χ2v) is 7.20. The zero-order chi connectivity index (χ0) is 17.1. The van der Waals surface area contributed by atoms with Gasteiger partial charge >= 0.3 is 0 Å². The van der Waals surface area contributed by atoms with Crippen LogP contribution in [0, 0.1) is 5.92 Å². The van der Waals surface area contributed by atoms with Gasteiger partial charge in [0, 0.05) is 16.2 Å². The average Bonchev–Trinajstić information content (AvgIpc) is 3.03. The third-order valence-corrected chi connectivity index (χ3v) is 4.66. The molecule has 2 aromatic heterocycles. The monoisotopic (exact) mass is 332 g/mol. The van der Waals surface area contributed by atoms with Crippen LogP contribution in [0.2, 0.25) is 0 Å². The first-order valence-electron chi connectivity index (χ1n) is 7.97. The van der Waals surface area contributed by atoms with Crippen LogP contribution >= 0.6 is 0 Å². The predicted molar refractivity (Wildman–Crippen MR) is 80.8 cm³/mol. The molecule has 0 saturated heterocycles. The summed E-state index contributed by atoms with van der Waals surface area (Å²) >= 11 is 0. The molecular weight excluding hydrogens is 313 g/mol. The normalized spacial score (nSPS) is 21.3. The summed E-state index contributed by atoms with van der Waals surface area (Å²) in [6, 6.07) is 0. The van der Waals surface area contributed by atoms with Gasteiger partial charge in [0.25, 0.3) is 12.1 Å². The Bertz CT molecular complexity index is 832. The van der Waals surface area contributed by atoms with Crippen molar-refractivity contribution < 1.29 is 19.1 Å². The summed E-state index contributed by atoms with van der Waals surface area (Å²) in [6.07, 6.45) is 6.21. The van der Waals surface area contributed by atoms with E-state index in [0.29, 0.717) is 23.3 Å². The number of nitrogens with zero attached hydrogens (tertiary/aromatic N) is 4. The van der Waals surface area contributed by atoms with E-state index < -0.39 is 12.2 Å². The van der Waals surface area contributed by atoms with Crippen LogP contribution in [0.5, 0.6) is 0 Å². The van der Waals surface area contributed by atoms with Crippen molar-refractivity contribution in [3.05, 3.63) is 35.5 Å². The summed E-state index contributed by atoms with van der Waals surface area (Å²) in [4.78, 5) is 16.8. The highest BCUT2D eigenvalue weighted by atomic mass is 19.1. The fourth-order valence-electron chi connectivity index (χ4n) is 3.35. The van der Waals surface area contributed by atoms with Gasteiger partial charge in [-0.25, -0.2) is 14.1 Å². The van der Waals surface area contributed by atoms with Crippen molar-refractivity contribution in [2.75, 3.05) is 6.67 Å². The lowest BCUT2D eigenvalue weighted by molar-refractivity contribution is -0.904. The molecule has 0 spiro atoms. The summed E-state index contributed by atoms with van der Waals surface area (Å²) in [7, 11) is 0. The van der Waals surface area contributed by atoms with E-state index in [1.165, 1.54) is 18.6 Å².